The van der Waals surface area contributed by atoms with Gasteiger partial charge in [0, 0.05) is 42.9 Å². The second-order valence-electron chi connectivity index (χ2n) is 6.59. The minimum Gasteiger partial charge on any atom is -0.325 e. The summed E-state index contributed by atoms with van der Waals surface area (Å²) < 4.78 is 1.01. The van der Waals surface area contributed by atoms with Gasteiger partial charge in [-0.15, -0.1) is 0 Å². The van der Waals surface area contributed by atoms with E-state index in [1.54, 1.807) is 0 Å². The van der Waals surface area contributed by atoms with E-state index in [0.29, 0.717) is 6.54 Å². The van der Waals surface area contributed by atoms with Gasteiger partial charge in [-0.25, -0.2) is 0 Å². The molecule has 4 nitrogen and oxygen atoms in total. The maximum absolute atomic E-state index is 12.2. The number of piperazine rings is 1. The summed E-state index contributed by atoms with van der Waals surface area (Å²) >= 11 is 3.40. The molecule has 0 spiro atoms. The van der Waals surface area contributed by atoms with Crippen LogP contribution in [0.5, 0.6) is 0 Å². The van der Waals surface area contributed by atoms with Crippen molar-refractivity contribution in [2.24, 2.45) is 0 Å². The highest BCUT2D eigenvalue weighted by molar-refractivity contribution is 9.10. The van der Waals surface area contributed by atoms with Crippen LogP contribution < -0.4 is 5.32 Å². The molecular weight excluding hydrogens is 378 g/mol. The molecule has 1 amide bonds. The third-order valence-electron chi connectivity index (χ3n) is 4.49. The van der Waals surface area contributed by atoms with Crippen LogP contribution in [-0.4, -0.2) is 48.4 Å². The van der Waals surface area contributed by atoms with Crippen LogP contribution in [0.3, 0.4) is 0 Å². The van der Waals surface area contributed by atoms with E-state index >= 15 is 0 Å². The monoisotopic (exact) mass is 401 g/mol. The number of hydrogen-bond acceptors (Lipinski definition) is 3. The summed E-state index contributed by atoms with van der Waals surface area (Å²) in [6.45, 7) is 7.41. The summed E-state index contributed by atoms with van der Waals surface area (Å²) in [6, 6.07) is 16.4. The highest BCUT2D eigenvalue weighted by Crippen LogP contribution is 2.14. The van der Waals surface area contributed by atoms with E-state index in [-0.39, 0.29) is 5.91 Å². The first-order valence-electron chi connectivity index (χ1n) is 8.64. The molecule has 2 aromatic carbocycles. The fourth-order valence-corrected chi connectivity index (χ4v) is 3.26. The summed E-state index contributed by atoms with van der Waals surface area (Å²) in [5.74, 6) is 0.0503. The largest absolute Gasteiger partial charge is 0.325 e. The summed E-state index contributed by atoms with van der Waals surface area (Å²) in [5.41, 5.74) is 3.49. The lowest BCUT2D eigenvalue weighted by molar-refractivity contribution is -0.117. The quantitative estimate of drug-likeness (QED) is 0.832. The average Bonchev–Trinajstić information content (AvgIpc) is 2.61. The maximum Gasteiger partial charge on any atom is 0.238 e. The molecule has 0 atom stereocenters. The number of nitrogens with one attached hydrogen (secondary N) is 1. The van der Waals surface area contributed by atoms with Crippen molar-refractivity contribution in [2.75, 3.05) is 38.0 Å². The Morgan fingerprint density at radius 2 is 1.56 bits per heavy atom. The maximum atomic E-state index is 12.2. The summed E-state index contributed by atoms with van der Waals surface area (Å²) in [5, 5.41) is 2.96. The first kappa shape index (κ1) is 18.1. The van der Waals surface area contributed by atoms with Crippen molar-refractivity contribution in [3.63, 3.8) is 0 Å². The van der Waals surface area contributed by atoms with E-state index in [9.17, 15) is 4.79 Å². The summed E-state index contributed by atoms with van der Waals surface area (Å²) in [4.78, 5) is 16.9. The predicted octanol–water partition coefficient (Wildman–Crippen LogP) is 3.51. The van der Waals surface area contributed by atoms with Crippen LogP contribution in [0.25, 0.3) is 0 Å². The normalized spacial score (nSPS) is 15.9. The highest BCUT2D eigenvalue weighted by Gasteiger charge is 2.19. The van der Waals surface area contributed by atoms with Gasteiger partial charge in [-0.2, -0.15) is 0 Å². The van der Waals surface area contributed by atoms with Crippen LogP contribution in [0.4, 0.5) is 5.69 Å². The van der Waals surface area contributed by atoms with Crippen molar-refractivity contribution in [2.45, 2.75) is 13.5 Å². The second-order valence-corrected chi connectivity index (χ2v) is 7.51. The smallest absolute Gasteiger partial charge is 0.238 e. The Hall–Kier alpha value is -1.69. The van der Waals surface area contributed by atoms with Crippen molar-refractivity contribution >= 4 is 27.5 Å². The zero-order valence-corrected chi connectivity index (χ0v) is 16.1. The van der Waals surface area contributed by atoms with Crippen LogP contribution >= 0.6 is 15.9 Å². The minimum atomic E-state index is 0.0503. The lowest BCUT2D eigenvalue weighted by Gasteiger charge is -2.34. The molecule has 5 heteroatoms. The van der Waals surface area contributed by atoms with Gasteiger partial charge in [-0.05, 0) is 36.8 Å². The van der Waals surface area contributed by atoms with Crippen LogP contribution in [-0.2, 0) is 11.3 Å². The Morgan fingerprint density at radius 1 is 0.960 bits per heavy atom. The number of carbonyl (C=O) groups is 1. The molecule has 2 aromatic rings. The Balaban J connectivity index is 1.42. The molecule has 0 unspecified atom stereocenters. The van der Waals surface area contributed by atoms with Crippen LogP contribution in [0.1, 0.15) is 11.1 Å². The first-order valence-corrected chi connectivity index (χ1v) is 9.43. The van der Waals surface area contributed by atoms with Gasteiger partial charge in [0.2, 0.25) is 5.91 Å². The zero-order chi connectivity index (χ0) is 17.6. The van der Waals surface area contributed by atoms with Crippen LogP contribution in [0.2, 0.25) is 0 Å². The summed E-state index contributed by atoms with van der Waals surface area (Å²) in [6.07, 6.45) is 0. The molecule has 132 valence electrons. The lowest BCUT2D eigenvalue weighted by Crippen LogP contribution is -2.48. The van der Waals surface area contributed by atoms with Gasteiger partial charge >= 0.3 is 0 Å². The molecule has 1 heterocycles. The lowest BCUT2D eigenvalue weighted by atomic mass is 10.1. The number of anilines is 1. The molecule has 1 N–H and O–H groups in total. The van der Waals surface area contributed by atoms with Crippen molar-refractivity contribution in [3.8, 4) is 0 Å². The molecule has 0 bridgehead atoms. The number of halogens is 1. The molecule has 1 aliphatic rings. The molecule has 0 aliphatic carbocycles. The first-order chi connectivity index (χ1) is 12.1. The van der Waals surface area contributed by atoms with Crippen LogP contribution in [0, 0.1) is 6.92 Å². The van der Waals surface area contributed by atoms with Gasteiger partial charge in [-0.1, -0.05) is 45.8 Å². The Kier molecular flexibility index (Phi) is 6.24. The van der Waals surface area contributed by atoms with E-state index in [2.05, 4.69) is 62.2 Å². The highest BCUT2D eigenvalue weighted by atomic mass is 79.9. The molecule has 3 rings (SSSR count). The molecular formula is C20H24BrN3O. The van der Waals surface area contributed by atoms with Crippen molar-refractivity contribution in [3.05, 3.63) is 64.1 Å². The number of benzene rings is 2. The number of amides is 1. The zero-order valence-electron chi connectivity index (χ0n) is 14.5. The van der Waals surface area contributed by atoms with E-state index in [1.165, 1.54) is 11.1 Å². The topological polar surface area (TPSA) is 35.6 Å². The molecule has 0 saturated carbocycles. The van der Waals surface area contributed by atoms with Gasteiger partial charge in [-0.3, -0.25) is 14.6 Å². The number of nitrogens with zero attached hydrogens (tertiary/aromatic N) is 2. The van der Waals surface area contributed by atoms with Crippen molar-refractivity contribution in [1.29, 1.82) is 0 Å². The molecule has 25 heavy (non-hydrogen) atoms. The van der Waals surface area contributed by atoms with Gasteiger partial charge in [0.15, 0.2) is 0 Å². The van der Waals surface area contributed by atoms with Gasteiger partial charge in [0.05, 0.1) is 6.54 Å². The number of rotatable bonds is 5. The van der Waals surface area contributed by atoms with Crippen LogP contribution in [0.15, 0.2) is 53.0 Å². The Bertz CT molecular complexity index is 692. The third kappa shape index (κ3) is 5.66. The third-order valence-corrected chi connectivity index (χ3v) is 5.02. The second kappa shape index (κ2) is 8.61. The summed E-state index contributed by atoms with van der Waals surface area (Å²) in [7, 11) is 0. The fraction of sp³-hybridized carbons (Fsp3) is 0.350. The SMILES string of the molecule is Cc1ccc(CN2CCN(CC(=O)Nc3ccc(Br)cc3)CC2)cc1. The standard InChI is InChI=1S/C20H24BrN3O/c1-16-2-4-17(5-3-16)14-23-10-12-24(13-11-23)15-20(25)22-19-8-6-18(21)7-9-19/h2-9H,10-15H2,1H3,(H,22,25). The number of hydrogen-bond donors (Lipinski definition) is 1. The van der Waals surface area contributed by atoms with Gasteiger partial charge < -0.3 is 5.32 Å². The average molecular weight is 402 g/mol. The number of aryl methyl sites for hydroxylation is 1. The van der Waals surface area contributed by atoms with Gasteiger partial charge in [0.25, 0.3) is 0 Å². The number of carbonyl (C=O) groups excluding carboxylic acids is 1. The van der Waals surface area contributed by atoms with E-state index in [0.717, 1.165) is 42.9 Å². The fourth-order valence-electron chi connectivity index (χ4n) is 2.99. The predicted molar refractivity (Wildman–Crippen MR) is 106 cm³/mol. The Morgan fingerprint density at radius 3 is 2.20 bits per heavy atom. The molecule has 0 aromatic heterocycles. The minimum absolute atomic E-state index is 0.0503. The van der Waals surface area contributed by atoms with Crippen molar-refractivity contribution < 1.29 is 4.79 Å². The molecule has 1 aliphatic heterocycles. The van der Waals surface area contributed by atoms with Gasteiger partial charge in [0.1, 0.15) is 0 Å². The van der Waals surface area contributed by atoms with E-state index < -0.39 is 0 Å². The molecule has 1 saturated heterocycles. The van der Waals surface area contributed by atoms with E-state index in [4.69, 9.17) is 0 Å². The van der Waals surface area contributed by atoms with Crippen molar-refractivity contribution in [1.82, 2.24) is 9.80 Å². The molecule has 1 fully saturated rings. The van der Waals surface area contributed by atoms with E-state index in [1.807, 2.05) is 24.3 Å². The Labute approximate surface area is 158 Å². The molecule has 0 radical (unpaired) electrons.